The molecule has 25 nitrogen and oxygen atoms in total. The Morgan fingerprint density at radius 3 is 1.70 bits per heavy atom. The molecule has 5 aliphatic heterocycles. The van der Waals surface area contributed by atoms with Gasteiger partial charge in [-0.2, -0.15) is 0 Å². The molecule has 4 saturated carbocycles. The largest absolute Gasteiger partial charge is 0.432 e. The molecule has 5 saturated heterocycles. The molecule has 9 fully saturated rings. The van der Waals surface area contributed by atoms with Crippen LogP contribution in [-0.2, 0) is 52.2 Å². The van der Waals surface area contributed by atoms with Gasteiger partial charge in [-0.15, -0.1) is 0 Å². The van der Waals surface area contributed by atoms with E-state index in [1.807, 2.05) is 0 Å². The summed E-state index contributed by atoms with van der Waals surface area (Å²) in [5.41, 5.74) is -1.23. The van der Waals surface area contributed by atoms with Crippen LogP contribution in [0.4, 0.5) is 0 Å². The quantitative estimate of drug-likeness (QED) is 0.0600. The summed E-state index contributed by atoms with van der Waals surface area (Å²) in [7, 11) is 0. The number of ether oxygens (including phenoxy) is 10. The summed E-state index contributed by atoms with van der Waals surface area (Å²) in [6, 6.07) is 0. The lowest BCUT2D eigenvalue weighted by Crippen LogP contribution is -2.67. The van der Waals surface area contributed by atoms with Crippen molar-refractivity contribution in [2.75, 3.05) is 19.8 Å². The minimum atomic E-state index is -1.84. The van der Waals surface area contributed by atoms with Crippen molar-refractivity contribution in [1.82, 2.24) is 0 Å². The number of carbonyl (C=O) groups is 1. The highest BCUT2D eigenvalue weighted by Gasteiger charge is 2.70. The standard InChI is InChI=1S/C59H96O25/c1-24-34(63)38(67)42(71)48(76-24)81-45-30(22-61)79-50(44(73)41(45)70)84-53(74)59-18-16-54(3,4)20-27(59)26-10-11-32-56(7)14-13-33(55(5,6)31(56)12-15-58(32,9)57(26,8)17-19-59)80-51-46(36(65)28(62)23-75-51)83-52-47(40(69)37(66)29(21-60)78-52)82-49-43(72)39(68)35(64)25(2)77-49/h10,24-25,27-52,60-73H,11-23H2,1-9H3/t24-,25-,27-,28-,29+,30+,31-,32+,33-,34-,35-,36-,37+,38+,39+,40-,41+,42+,43+,44+,45+,46+,47+,48-,49-,50-,51-,52-,56-,57+,58+,59-/m0/s1. The molecule has 0 unspecified atom stereocenters. The van der Waals surface area contributed by atoms with Gasteiger partial charge in [-0.3, -0.25) is 4.79 Å². The van der Waals surface area contributed by atoms with Gasteiger partial charge in [0.2, 0.25) is 6.29 Å². The van der Waals surface area contributed by atoms with Crippen LogP contribution in [0, 0.1) is 50.2 Å². The monoisotopic (exact) mass is 1200 g/mol. The zero-order valence-corrected chi connectivity index (χ0v) is 49.7. The first-order valence-corrected chi connectivity index (χ1v) is 30.5. The Morgan fingerprint density at radius 1 is 0.536 bits per heavy atom. The highest BCUT2D eigenvalue weighted by molar-refractivity contribution is 5.79. The smallest absolute Gasteiger partial charge is 0.315 e. The fourth-order valence-corrected chi connectivity index (χ4v) is 17.6. The fraction of sp³-hybridized carbons (Fsp3) is 0.949. The third-order valence-corrected chi connectivity index (χ3v) is 23.1. The van der Waals surface area contributed by atoms with E-state index in [9.17, 15) is 71.5 Å². The van der Waals surface area contributed by atoms with E-state index >= 15 is 4.79 Å². The summed E-state index contributed by atoms with van der Waals surface area (Å²) in [4.78, 5) is 15.1. The molecule has 0 aromatic heterocycles. The number of fused-ring (bicyclic) bond motifs is 7. The minimum absolute atomic E-state index is 0.109. The SMILES string of the molecule is C[C@@H]1O[C@@H](O[C@H]2[C@H](O[C@H]3[C@H](O[C@H]4CC[C@]5(C)[C@H]6CC=C7[C@@H]8CC(C)(C)CC[C@]8(C(=O)O[C@@H]8O[C@H](CO)[C@@H](O[C@@H]9O[C@@H](C)[C@H](O)[C@@H](O)[C@H]9O)[C@H](O)[C@H]8O)CC[C@@]7(C)[C@]6(C)CC[C@H]5C4(C)C)OC[C@H](O)[C@@H]3O)O[C@H](CO)[C@@H](O)[C@@H]2O)[C@H](O)[C@H](O)[C@H]1O. The predicted octanol–water partition coefficient (Wildman–Crippen LogP) is -1.52. The van der Waals surface area contributed by atoms with E-state index < -0.39 is 184 Å². The van der Waals surface area contributed by atoms with E-state index in [1.165, 1.54) is 19.4 Å². The molecule has 0 spiro atoms. The first kappa shape index (κ1) is 65.2. The molecule has 14 N–H and O–H groups in total. The molecule has 0 amide bonds. The Labute approximate surface area is 490 Å². The second-order valence-electron chi connectivity index (χ2n) is 28.6. The molecular formula is C59H96O25. The lowest BCUT2D eigenvalue weighted by Gasteiger charge is -2.71. The number of aliphatic hydroxyl groups is 14. The highest BCUT2D eigenvalue weighted by Crippen LogP contribution is 2.76. The van der Waals surface area contributed by atoms with Crippen LogP contribution in [0.25, 0.3) is 0 Å². The van der Waals surface area contributed by atoms with Gasteiger partial charge < -0.3 is 119 Å². The molecule has 0 aromatic carbocycles. The van der Waals surface area contributed by atoms with E-state index in [4.69, 9.17) is 47.4 Å². The van der Waals surface area contributed by atoms with Gasteiger partial charge >= 0.3 is 5.97 Å². The van der Waals surface area contributed by atoms with E-state index in [-0.39, 0.29) is 46.0 Å². The molecule has 10 rings (SSSR count). The molecular weight excluding hydrogens is 1110 g/mol. The molecule has 84 heavy (non-hydrogen) atoms. The predicted molar refractivity (Wildman–Crippen MR) is 287 cm³/mol. The highest BCUT2D eigenvalue weighted by atomic mass is 16.8. The van der Waals surface area contributed by atoms with Crippen LogP contribution < -0.4 is 0 Å². The summed E-state index contributed by atoms with van der Waals surface area (Å²) >= 11 is 0. The number of rotatable bonds is 12. The molecule has 25 heteroatoms. The number of esters is 1. The molecule has 0 aromatic rings. The maximum atomic E-state index is 15.1. The molecule has 10 aliphatic rings. The number of hydrogen-bond donors (Lipinski definition) is 14. The average molecular weight is 1210 g/mol. The van der Waals surface area contributed by atoms with Crippen LogP contribution in [0.3, 0.4) is 0 Å². The second kappa shape index (κ2) is 23.8. The van der Waals surface area contributed by atoms with Gasteiger partial charge in [-0.05, 0) is 123 Å². The lowest BCUT2D eigenvalue weighted by molar-refractivity contribution is -0.392. The Balaban J connectivity index is 0.857. The Hall–Kier alpha value is -1.71. The van der Waals surface area contributed by atoms with Crippen molar-refractivity contribution in [3.8, 4) is 0 Å². The molecule has 5 heterocycles. The Kier molecular flexibility index (Phi) is 18.5. The topological polar surface area (TPSA) is 393 Å². The van der Waals surface area contributed by atoms with Crippen molar-refractivity contribution in [3.63, 3.8) is 0 Å². The van der Waals surface area contributed by atoms with Gasteiger partial charge in [0.05, 0.1) is 43.5 Å². The summed E-state index contributed by atoms with van der Waals surface area (Å²) in [5, 5.41) is 151. The van der Waals surface area contributed by atoms with Crippen LogP contribution >= 0.6 is 0 Å². The van der Waals surface area contributed by atoms with Crippen molar-refractivity contribution in [1.29, 1.82) is 0 Å². The maximum absolute atomic E-state index is 15.1. The van der Waals surface area contributed by atoms with Gasteiger partial charge in [0.25, 0.3) is 0 Å². The van der Waals surface area contributed by atoms with Gasteiger partial charge in [-0.1, -0.05) is 60.1 Å². The lowest BCUT2D eigenvalue weighted by atomic mass is 9.33. The van der Waals surface area contributed by atoms with E-state index in [1.54, 1.807) is 0 Å². The zero-order valence-electron chi connectivity index (χ0n) is 49.7. The van der Waals surface area contributed by atoms with E-state index in [0.29, 0.717) is 32.1 Å². The first-order valence-electron chi connectivity index (χ1n) is 30.5. The molecule has 482 valence electrons. The fourth-order valence-electron chi connectivity index (χ4n) is 17.6. The van der Waals surface area contributed by atoms with E-state index in [0.717, 1.165) is 32.1 Å². The van der Waals surface area contributed by atoms with Gasteiger partial charge in [0.1, 0.15) is 104 Å². The summed E-state index contributed by atoms with van der Waals surface area (Å²) in [6.45, 7) is 17.0. The van der Waals surface area contributed by atoms with Gasteiger partial charge in [0, 0.05) is 0 Å². The maximum Gasteiger partial charge on any atom is 0.315 e. The third kappa shape index (κ3) is 10.8. The van der Waals surface area contributed by atoms with Crippen LogP contribution in [0.15, 0.2) is 11.6 Å². The van der Waals surface area contributed by atoms with Crippen molar-refractivity contribution in [2.24, 2.45) is 50.2 Å². The van der Waals surface area contributed by atoms with Crippen molar-refractivity contribution in [3.05, 3.63) is 11.6 Å². The number of hydrogen-bond acceptors (Lipinski definition) is 25. The second-order valence-corrected chi connectivity index (χ2v) is 28.6. The summed E-state index contributed by atoms with van der Waals surface area (Å²) < 4.78 is 60.5. The van der Waals surface area contributed by atoms with Gasteiger partial charge in [0.15, 0.2) is 25.2 Å². The summed E-state index contributed by atoms with van der Waals surface area (Å²) in [5.74, 6) is -0.492. The van der Waals surface area contributed by atoms with Crippen molar-refractivity contribution in [2.45, 2.75) is 280 Å². The molecule has 32 atom stereocenters. The van der Waals surface area contributed by atoms with Gasteiger partial charge in [-0.25, -0.2) is 0 Å². The normalized spacial score (nSPS) is 54.6. The number of carbonyl (C=O) groups excluding carboxylic acids is 1. The number of aliphatic hydroxyl groups excluding tert-OH is 14. The van der Waals surface area contributed by atoms with Crippen LogP contribution in [0.1, 0.15) is 127 Å². The molecule has 5 aliphatic carbocycles. The average Bonchev–Trinajstić information content (AvgIpc) is 0.732. The number of allylic oxidation sites excluding steroid dienone is 2. The first-order chi connectivity index (χ1) is 39.3. The van der Waals surface area contributed by atoms with Crippen LogP contribution in [0.2, 0.25) is 0 Å². The minimum Gasteiger partial charge on any atom is -0.432 e. The van der Waals surface area contributed by atoms with Crippen LogP contribution in [0.5, 0.6) is 0 Å². The van der Waals surface area contributed by atoms with Crippen molar-refractivity contribution >= 4 is 5.97 Å². The molecule has 0 bridgehead atoms. The third-order valence-electron chi connectivity index (χ3n) is 23.1. The Bertz CT molecular complexity index is 2340. The summed E-state index contributed by atoms with van der Waals surface area (Å²) in [6.07, 6.45) is -28.7. The Morgan fingerprint density at radius 2 is 1.08 bits per heavy atom. The molecule has 0 radical (unpaired) electrons. The van der Waals surface area contributed by atoms with Crippen molar-refractivity contribution < 1.29 is 124 Å². The van der Waals surface area contributed by atoms with Crippen LogP contribution in [-0.4, -0.2) is 251 Å². The van der Waals surface area contributed by atoms with E-state index in [2.05, 4.69) is 54.5 Å². The zero-order chi connectivity index (χ0) is 61.3.